The molecule has 90 valence electrons. The molecule has 1 aliphatic heterocycles. The lowest BCUT2D eigenvalue weighted by atomic mass is 10.0. The minimum absolute atomic E-state index is 0.608. The number of aromatic nitrogens is 1. The molecule has 0 amide bonds. The maximum Gasteiger partial charge on any atom is 0.205 e. The number of hydrogen-bond donors (Lipinski definition) is 0. The predicted octanol–water partition coefficient (Wildman–Crippen LogP) is 2.16. The van der Waals surface area contributed by atoms with Crippen LogP contribution in [0.25, 0.3) is 4.85 Å². The van der Waals surface area contributed by atoms with E-state index in [4.69, 9.17) is 6.57 Å². The minimum atomic E-state index is 0.608. The van der Waals surface area contributed by atoms with Crippen LogP contribution in [0.2, 0.25) is 0 Å². The molecule has 0 atom stereocenters. The predicted molar refractivity (Wildman–Crippen MR) is 69.4 cm³/mol. The summed E-state index contributed by atoms with van der Waals surface area (Å²) in [5.74, 6) is 0.995. The molecule has 0 saturated carbocycles. The first-order valence-corrected chi connectivity index (χ1v) is 5.95. The van der Waals surface area contributed by atoms with Gasteiger partial charge >= 0.3 is 0 Å². The summed E-state index contributed by atoms with van der Waals surface area (Å²) >= 11 is 0. The molecule has 4 heteroatoms. The lowest BCUT2D eigenvalue weighted by Gasteiger charge is -2.35. The van der Waals surface area contributed by atoms with Crippen LogP contribution in [0.5, 0.6) is 0 Å². The Balaban J connectivity index is 1.98. The van der Waals surface area contributed by atoms with Crippen molar-refractivity contribution in [1.29, 1.82) is 0 Å². The molecule has 0 radical (unpaired) electrons. The van der Waals surface area contributed by atoms with E-state index in [0.29, 0.717) is 11.7 Å². The molecule has 0 unspecified atom stereocenters. The Kier molecular flexibility index (Phi) is 3.60. The van der Waals surface area contributed by atoms with Crippen molar-refractivity contribution in [3.8, 4) is 0 Å². The fourth-order valence-electron chi connectivity index (χ4n) is 2.24. The maximum atomic E-state index is 6.90. The van der Waals surface area contributed by atoms with Crippen LogP contribution in [0.4, 0.5) is 11.5 Å². The smallest absolute Gasteiger partial charge is 0.205 e. The SMILES string of the molecule is [C-]#[N+]c1ccc(N2CCC(N(C)C)CC2)nc1. The average Bonchev–Trinajstić information content (AvgIpc) is 2.39. The van der Waals surface area contributed by atoms with Gasteiger partial charge in [-0.1, -0.05) is 6.07 Å². The van der Waals surface area contributed by atoms with Gasteiger partial charge in [0.1, 0.15) is 5.82 Å². The molecular formula is C13H18N4. The van der Waals surface area contributed by atoms with E-state index in [1.54, 1.807) is 6.20 Å². The first-order chi connectivity index (χ1) is 8.20. The lowest BCUT2D eigenvalue weighted by Crippen LogP contribution is -2.42. The Morgan fingerprint density at radius 1 is 1.35 bits per heavy atom. The Morgan fingerprint density at radius 3 is 2.53 bits per heavy atom. The fraction of sp³-hybridized carbons (Fsp3) is 0.538. The van der Waals surface area contributed by atoms with Gasteiger partial charge in [0.25, 0.3) is 0 Å². The summed E-state index contributed by atoms with van der Waals surface area (Å²) in [4.78, 5) is 12.3. The summed E-state index contributed by atoms with van der Waals surface area (Å²) in [6.07, 6.45) is 4.01. The van der Waals surface area contributed by atoms with E-state index in [1.165, 1.54) is 12.8 Å². The summed E-state index contributed by atoms with van der Waals surface area (Å²) in [6, 6.07) is 4.48. The molecule has 0 aromatic carbocycles. The van der Waals surface area contributed by atoms with Crippen molar-refractivity contribution >= 4 is 11.5 Å². The van der Waals surface area contributed by atoms with E-state index in [-0.39, 0.29) is 0 Å². The topological polar surface area (TPSA) is 23.7 Å². The number of hydrogen-bond acceptors (Lipinski definition) is 3. The first-order valence-electron chi connectivity index (χ1n) is 5.95. The molecule has 0 bridgehead atoms. The third-order valence-electron chi connectivity index (χ3n) is 3.38. The van der Waals surface area contributed by atoms with Gasteiger partial charge in [-0.3, -0.25) is 4.98 Å². The van der Waals surface area contributed by atoms with Gasteiger partial charge in [-0.2, -0.15) is 0 Å². The van der Waals surface area contributed by atoms with E-state index < -0.39 is 0 Å². The second-order valence-corrected chi connectivity index (χ2v) is 4.67. The Labute approximate surface area is 103 Å². The lowest BCUT2D eigenvalue weighted by molar-refractivity contribution is 0.249. The normalized spacial score (nSPS) is 17.2. The Bertz CT molecular complexity index is 396. The van der Waals surface area contributed by atoms with Crippen molar-refractivity contribution in [2.24, 2.45) is 0 Å². The minimum Gasteiger partial charge on any atom is -0.357 e. The summed E-state index contributed by atoms with van der Waals surface area (Å²) in [7, 11) is 4.28. The molecule has 1 aromatic heterocycles. The van der Waals surface area contributed by atoms with Crippen LogP contribution in [0.15, 0.2) is 18.3 Å². The zero-order chi connectivity index (χ0) is 12.3. The standard InChI is InChI=1S/C13H18N4/c1-14-11-4-5-13(15-10-11)17-8-6-12(7-9-17)16(2)3/h4-5,10,12H,6-9H2,2-3H3. The van der Waals surface area contributed by atoms with Crippen LogP contribution in [-0.4, -0.2) is 43.1 Å². The van der Waals surface area contributed by atoms with E-state index in [9.17, 15) is 0 Å². The van der Waals surface area contributed by atoms with Gasteiger partial charge in [-0.05, 0) is 33.0 Å². The molecule has 0 spiro atoms. The Hall–Kier alpha value is -1.60. The molecule has 1 aromatic rings. The molecule has 1 fully saturated rings. The van der Waals surface area contributed by atoms with E-state index >= 15 is 0 Å². The zero-order valence-electron chi connectivity index (χ0n) is 10.4. The summed E-state index contributed by atoms with van der Waals surface area (Å²) < 4.78 is 0. The molecule has 0 aliphatic carbocycles. The molecule has 2 rings (SSSR count). The second kappa shape index (κ2) is 5.15. The second-order valence-electron chi connectivity index (χ2n) is 4.67. The third-order valence-corrected chi connectivity index (χ3v) is 3.38. The maximum absolute atomic E-state index is 6.90. The summed E-state index contributed by atoms with van der Waals surface area (Å²) in [5, 5.41) is 0. The van der Waals surface area contributed by atoms with Gasteiger partial charge in [0.2, 0.25) is 5.69 Å². The van der Waals surface area contributed by atoms with Gasteiger partial charge < -0.3 is 9.80 Å². The molecule has 4 nitrogen and oxygen atoms in total. The van der Waals surface area contributed by atoms with Crippen molar-refractivity contribution in [2.75, 3.05) is 32.1 Å². The monoisotopic (exact) mass is 230 g/mol. The number of anilines is 1. The first kappa shape index (κ1) is 11.9. The highest BCUT2D eigenvalue weighted by atomic mass is 15.2. The molecular weight excluding hydrogens is 212 g/mol. The fourth-order valence-corrected chi connectivity index (χ4v) is 2.24. The van der Waals surface area contributed by atoms with Gasteiger partial charge in [-0.25, -0.2) is 4.85 Å². The van der Waals surface area contributed by atoms with Crippen molar-refractivity contribution in [3.05, 3.63) is 29.7 Å². The zero-order valence-corrected chi connectivity index (χ0v) is 10.4. The largest absolute Gasteiger partial charge is 0.357 e. The highest BCUT2D eigenvalue weighted by molar-refractivity contribution is 5.49. The van der Waals surface area contributed by atoms with Crippen LogP contribution in [0, 0.1) is 6.57 Å². The van der Waals surface area contributed by atoms with E-state index in [2.05, 4.69) is 33.7 Å². The number of rotatable bonds is 2. The van der Waals surface area contributed by atoms with Crippen LogP contribution >= 0.6 is 0 Å². The quantitative estimate of drug-likeness (QED) is 0.727. The summed E-state index contributed by atoms with van der Waals surface area (Å²) in [5.41, 5.74) is 0.608. The third kappa shape index (κ3) is 2.75. The molecule has 2 heterocycles. The highest BCUT2D eigenvalue weighted by Gasteiger charge is 2.21. The van der Waals surface area contributed by atoms with E-state index in [1.807, 2.05) is 12.1 Å². The molecule has 17 heavy (non-hydrogen) atoms. The van der Waals surface area contributed by atoms with Crippen LogP contribution in [0.1, 0.15) is 12.8 Å². The van der Waals surface area contributed by atoms with Gasteiger partial charge in [0.15, 0.2) is 0 Å². The van der Waals surface area contributed by atoms with Crippen molar-refractivity contribution in [1.82, 2.24) is 9.88 Å². The van der Waals surface area contributed by atoms with Gasteiger partial charge in [-0.15, -0.1) is 0 Å². The van der Waals surface area contributed by atoms with Crippen molar-refractivity contribution in [3.63, 3.8) is 0 Å². The molecule has 1 aliphatic rings. The van der Waals surface area contributed by atoms with Crippen LogP contribution in [0.3, 0.4) is 0 Å². The number of pyridine rings is 1. The van der Waals surface area contributed by atoms with Gasteiger partial charge in [0, 0.05) is 25.3 Å². The summed E-state index contributed by atoms with van der Waals surface area (Å²) in [6.45, 7) is 9.00. The molecule has 0 N–H and O–H groups in total. The van der Waals surface area contributed by atoms with Crippen molar-refractivity contribution in [2.45, 2.75) is 18.9 Å². The highest BCUT2D eigenvalue weighted by Crippen LogP contribution is 2.21. The van der Waals surface area contributed by atoms with E-state index in [0.717, 1.165) is 18.9 Å². The van der Waals surface area contributed by atoms with Crippen LogP contribution < -0.4 is 4.90 Å². The van der Waals surface area contributed by atoms with Crippen LogP contribution in [-0.2, 0) is 0 Å². The number of piperidine rings is 1. The number of nitrogens with zero attached hydrogens (tertiary/aromatic N) is 4. The van der Waals surface area contributed by atoms with Crippen molar-refractivity contribution < 1.29 is 0 Å². The Morgan fingerprint density at radius 2 is 2.06 bits per heavy atom. The van der Waals surface area contributed by atoms with Gasteiger partial charge in [0.05, 0.1) is 6.57 Å². The molecule has 1 saturated heterocycles. The average molecular weight is 230 g/mol.